The van der Waals surface area contributed by atoms with Crippen LogP contribution in [0.3, 0.4) is 0 Å². The van der Waals surface area contributed by atoms with E-state index < -0.39 is 6.10 Å². The number of amides is 1. The summed E-state index contributed by atoms with van der Waals surface area (Å²) in [6.07, 6.45) is 1.21. The zero-order valence-corrected chi connectivity index (χ0v) is 17.7. The molecule has 1 unspecified atom stereocenters. The highest BCUT2D eigenvalue weighted by Gasteiger charge is 2.17. The van der Waals surface area contributed by atoms with Gasteiger partial charge in [0.25, 0.3) is 0 Å². The van der Waals surface area contributed by atoms with Gasteiger partial charge in [-0.3, -0.25) is 9.48 Å². The summed E-state index contributed by atoms with van der Waals surface area (Å²) in [4.78, 5) is 14.7. The third kappa shape index (κ3) is 5.55. The molecular weight excluding hydrogens is 376 g/mol. The zero-order chi connectivity index (χ0) is 21.3. The van der Waals surface area contributed by atoms with Crippen LogP contribution in [-0.4, -0.2) is 58.0 Å². The van der Waals surface area contributed by atoms with Gasteiger partial charge in [-0.1, -0.05) is 74.5 Å². The Labute approximate surface area is 178 Å². The predicted molar refractivity (Wildman–Crippen MR) is 120 cm³/mol. The van der Waals surface area contributed by atoms with Gasteiger partial charge < -0.3 is 15.3 Å². The van der Waals surface area contributed by atoms with Crippen LogP contribution in [-0.2, 0) is 11.3 Å². The lowest BCUT2D eigenvalue weighted by Crippen LogP contribution is -2.41. The van der Waals surface area contributed by atoms with Gasteiger partial charge in [0.2, 0.25) is 5.91 Å². The van der Waals surface area contributed by atoms with Gasteiger partial charge in [0.1, 0.15) is 6.54 Å². The Morgan fingerprint density at radius 3 is 2.23 bits per heavy atom. The second-order valence-corrected chi connectivity index (χ2v) is 7.24. The molecule has 6 heteroatoms. The molecule has 0 aliphatic carbocycles. The van der Waals surface area contributed by atoms with Crippen LogP contribution >= 0.6 is 0 Å². The van der Waals surface area contributed by atoms with Crippen molar-refractivity contribution < 1.29 is 9.90 Å². The molecule has 30 heavy (non-hydrogen) atoms. The van der Waals surface area contributed by atoms with Crippen LogP contribution in [0.1, 0.15) is 13.8 Å². The summed E-state index contributed by atoms with van der Waals surface area (Å²) < 4.78 is 1.73. The average Bonchev–Trinajstić information content (AvgIpc) is 3.20. The lowest BCUT2D eigenvalue weighted by atomic mass is 10.0. The Bertz CT molecular complexity index is 921. The molecule has 1 heterocycles. The fraction of sp³-hybridized carbons (Fsp3) is 0.333. The van der Waals surface area contributed by atoms with Crippen molar-refractivity contribution in [1.82, 2.24) is 20.0 Å². The first-order chi connectivity index (χ1) is 14.6. The second-order valence-electron chi connectivity index (χ2n) is 7.24. The highest BCUT2D eigenvalue weighted by Crippen LogP contribution is 2.31. The Balaban J connectivity index is 1.75. The minimum absolute atomic E-state index is 0.0923. The minimum Gasteiger partial charge on any atom is -0.390 e. The third-order valence-electron chi connectivity index (χ3n) is 5.16. The Hall–Kier alpha value is -2.96. The first-order valence-corrected chi connectivity index (χ1v) is 10.5. The molecule has 1 amide bonds. The molecule has 0 aliphatic rings. The topological polar surface area (TPSA) is 70.4 Å². The summed E-state index contributed by atoms with van der Waals surface area (Å²) in [6.45, 7) is 6.72. The number of benzene rings is 2. The van der Waals surface area contributed by atoms with E-state index in [1.807, 2.05) is 60.7 Å². The number of aliphatic hydroxyl groups excluding tert-OH is 1. The molecule has 1 atom stereocenters. The maximum absolute atomic E-state index is 12.6. The largest absolute Gasteiger partial charge is 0.390 e. The number of likely N-dealkylation sites (N-methyl/N-ethyl adjacent to an activating group) is 1. The van der Waals surface area contributed by atoms with Gasteiger partial charge in [-0.25, -0.2) is 0 Å². The SMILES string of the molecule is CCN(CC)CC(O)CNC(=O)Cn1ncc(-c2ccccc2)c1-c1ccccc1. The number of hydrogen-bond donors (Lipinski definition) is 2. The Morgan fingerprint density at radius 1 is 1.03 bits per heavy atom. The van der Waals surface area contributed by atoms with Crippen LogP contribution < -0.4 is 5.32 Å². The van der Waals surface area contributed by atoms with Gasteiger partial charge in [-0.05, 0) is 18.7 Å². The second kappa shape index (κ2) is 10.7. The van der Waals surface area contributed by atoms with E-state index in [-0.39, 0.29) is 19.0 Å². The van der Waals surface area contributed by atoms with Crippen molar-refractivity contribution in [3.05, 3.63) is 66.9 Å². The van der Waals surface area contributed by atoms with Crippen molar-refractivity contribution in [2.24, 2.45) is 0 Å². The standard InChI is InChI=1S/C24H30N4O2/c1-3-27(4-2)17-21(29)15-25-23(30)18-28-24(20-13-9-6-10-14-20)22(16-26-28)19-11-7-5-8-12-19/h5-14,16,21,29H,3-4,15,17-18H2,1-2H3,(H,25,30). The number of aromatic nitrogens is 2. The molecule has 0 fully saturated rings. The van der Waals surface area contributed by atoms with E-state index >= 15 is 0 Å². The Kier molecular flexibility index (Phi) is 7.76. The number of carbonyl (C=O) groups is 1. The molecule has 1 aromatic heterocycles. The summed E-state index contributed by atoms with van der Waals surface area (Å²) in [5.41, 5.74) is 3.94. The normalized spacial score (nSPS) is 12.1. The smallest absolute Gasteiger partial charge is 0.241 e. The van der Waals surface area contributed by atoms with Crippen LogP contribution in [0.25, 0.3) is 22.4 Å². The predicted octanol–water partition coefficient (Wildman–Crippen LogP) is 3.04. The summed E-state index contributed by atoms with van der Waals surface area (Å²) in [5, 5.41) is 17.5. The highest BCUT2D eigenvalue weighted by atomic mass is 16.3. The fourth-order valence-corrected chi connectivity index (χ4v) is 3.50. The number of carbonyl (C=O) groups excluding carboxylic acids is 1. The quantitative estimate of drug-likeness (QED) is 0.543. The molecule has 0 spiro atoms. The van der Waals surface area contributed by atoms with Gasteiger partial charge >= 0.3 is 0 Å². The number of aliphatic hydroxyl groups is 1. The average molecular weight is 407 g/mol. The molecule has 158 valence electrons. The Morgan fingerprint density at radius 2 is 1.63 bits per heavy atom. The van der Waals surface area contributed by atoms with Crippen LogP contribution in [0.4, 0.5) is 0 Å². The molecule has 2 N–H and O–H groups in total. The van der Waals surface area contributed by atoms with Crippen molar-refractivity contribution in [2.45, 2.75) is 26.5 Å². The number of nitrogens with zero attached hydrogens (tertiary/aromatic N) is 3. The molecule has 0 saturated carbocycles. The first kappa shape index (κ1) is 21.7. The van der Waals surface area contributed by atoms with E-state index in [2.05, 4.69) is 29.2 Å². The van der Waals surface area contributed by atoms with Crippen LogP contribution in [0.5, 0.6) is 0 Å². The van der Waals surface area contributed by atoms with E-state index in [1.54, 1.807) is 10.9 Å². The van der Waals surface area contributed by atoms with Crippen LogP contribution in [0.15, 0.2) is 66.9 Å². The van der Waals surface area contributed by atoms with Crippen molar-refractivity contribution in [3.63, 3.8) is 0 Å². The molecule has 0 bridgehead atoms. The number of rotatable bonds is 10. The van der Waals surface area contributed by atoms with Crippen molar-refractivity contribution in [1.29, 1.82) is 0 Å². The lowest BCUT2D eigenvalue weighted by Gasteiger charge is -2.22. The van der Waals surface area contributed by atoms with Crippen molar-refractivity contribution in [2.75, 3.05) is 26.2 Å². The number of nitrogens with one attached hydrogen (secondary N) is 1. The van der Waals surface area contributed by atoms with Gasteiger partial charge in [-0.15, -0.1) is 0 Å². The summed E-state index contributed by atoms with van der Waals surface area (Å²) in [6, 6.07) is 20.0. The van der Waals surface area contributed by atoms with E-state index in [1.165, 1.54) is 0 Å². The molecular formula is C24H30N4O2. The van der Waals surface area contributed by atoms with Crippen molar-refractivity contribution in [3.8, 4) is 22.4 Å². The van der Waals surface area contributed by atoms with Gasteiger partial charge in [0.05, 0.1) is 18.0 Å². The van der Waals surface area contributed by atoms with Crippen molar-refractivity contribution >= 4 is 5.91 Å². The molecule has 0 aliphatic heterocycles. The van der Waals surface area contributed by atoms with E-state index in [0.29, 0.717) is 6.54 Å². The van der Waals surface area contributed by atoms with Crippen LogP contribution in [0.2, 0.25) is 0 Å². The molecule has 2 aromatic carbocycles. The molecule has 3 aromatic rings. The highest BCUT2D eigenvalue weighted by molar-refractivity contribution is 5.83. The van der Waals surface area contributed by atoms with Gasteiger partial charge in [-0.2, -0.15) is 5.10 Å². The molecule has 0 radical (unpaired) electrons. The zero-order valence-electron chi connectivity index (χ0n) is 17.7. The lowest BCUT2D eigenvalue weighted by molar-refractivity contribution is -0.122. The minimum atomic E-state index is -0.597. The maximum Gasteiger partial charge on any atom is 0.241 e. The van der Waals surface area contributed by atoms with Gasteiger partial charge in [0.15, 0.2) is 0 Å². The molecule has 3 rings (SSSR count). The first-order valence-electron chi connectivity index (χ1n) is 10.5. The van der Waals surface area contributed by atoms with E-state index in [4.69, 9.17) is 0 Å². The summed E-state index contributed by atoms with van der Waals surface area (Å²) in [7, 11) is 0. The number of hydrogen-bond acceptors (Lipinski definition) is 4. The molecule has 0 saturated heterocycles. The van der Waals surface area contributed by atoms with E-state index in [9.17, 15) is 9.90 Å². The maximum atomic E-state index is 12.6. The summed E-state index contributed by atoms with van der Waals surface area (Å²) >= 11 is 0. The molecule has 6 nitrogen and oxygen atoms in total. The summed E-state index contributed by atoms with van der Waals surface area (Å²) in [5.74, 6) is -0.173. The fourth-order valence-electron chi connectivity index (χ4n) is 3.50. The van der Waals surface area contributed by atoms with Crippen LogP contribution in [0, 0.1) is 0 Å². The van der Waals surface area contributed by atoms with E-state index in [0.717, 1.165) is 35.5 Å². The monoisotopic (exact) mass is 406 g/mol. The van der Waals surface area contributed by atoms with Gasteiger partial charge in [0, 0.05) is 24.2 Å². The third-order valence-corrected chi connectivity index (χ3v) is 5.16.